The van der Waals surface area contributed by atoms with Gasteiger partial charge in [0, 0.05) is 13.1 Å². The van der Waals surface area contributed by atoms with Crippen LogP contribution in [0.1, 0.15) is 6.42 Å². The minimum Gasteiger partial charge on any atom is -0.386 e. The van der Waals surface area contributed by atoms with Crippen molar-refractivity contribution in [1.82, 2.24) is 0 Å². The van der Waals surface area contributed by atoms with Gasteiger partial charge in [-0.15, -0.1) is 12.4 Å². The van der Waals surface area contributed by atoms with Crippen LogP contribution in [-0.2, 0) is 21.1 Å². The van der Waals surface area contributed by atoms with Crippen LogP contribution < -0.4 is 0 Å². The second-order valence-corrected chi connectivity index (χ2v) is 1.85. The molecule has 0 N–H and O–H groups in total. The second-order valence-electron chi connectivity index (χ2n) is 1.85. The van der Waals surface area contributed by atoms with Crippen molar-refractivity contribution in [3.05, 3.63) is 25.3 Å². The Balaban J connectivity index is 0. The van der Waals surface area contributed by atoms with Crippen LogP contribution in [0, 0.1) is 13.2 Å². The summed E-state index contributed by atoms with van der Waals surface area (Å²) < 4.78 is 0. The Morgan fingerprint density at radius 3 is 1.67 bits per heavy atom. The fourth-order valence-corrected chi connectivity index (χ4v) is 0.524. The van der Waals surface area contributed by atoms with E-state index in [4.69, 9.17) is 13.2 Å². The van der Waals surface area contributed by atoms with Gasteiger partial charge in [0.2, 0.25) is 0 Å². The van der Waals surface area contributed by atoms with Crippen LogP contribution in [0.2, 0.25) is 0 Å². The monoisotopic (exact) mass is 343 g/mol. The topological polar surface area (TPSA) is 24.7 Å². The molecule has 0 bridgehead atoms. The summed E-state index contributed by atoms with van der Waals surface area (Å²) in [7, 11) is 0. The van der Waals surface area contributed by atoms with Crippen molar-refractivity contribution in [2.75, 3.05) is 13.1 Å². The summed E-state index contributed by atoms with van der Waals surface area (Å²) in [6.45, 7) is 11.7. The molecule has 0 aliphatic heterocycles. The molecule has 0 saturated carbocycles. The smallest absolute Gasteiger partial charge is 0.386 e. The predicted molar refractivity (Wildman–Crippen MR) is 49.1 cm³/mol. The maximum Gasteiger partial charge on any atom is 2.00 e. The van der Waals surface area contributed by atoms with Crippen LogP contribution in [-0.4, -0.2) is 25.5 Å². The quantitative estimate of drug-likeness (QED) is 0.397. The van der Waals surface area contributed by atoms with Gasteiger partial charge in [-0.25, -0.2) is 12.2 Å². The molecular formula is C9H12N2Pt. The van der Waals surface area contributed by atoms with Crippen LogP contribution >= 0.6 is 0 Å². The molecule has 0 aliphatic carbocycles. The third-order valence-corrected chi connectivity index (χ3v) is 0.957. The molecule has 0 atom stereocenters. The molecule has 12 heavy (non-hydrogen) atoms. The average Bonchev–Trinajstić information content (AvgIpc) is 2.03. The molecule has 0 rings (SSSR count). The predicted octanol–water partition coefficient (Wildman–Crippen LogP) is 1.49. The Kier molecular flexibility index (Phi) is 15.4. The number of aliphatic imine (C=N–C) groups is 2. The fraction of sp³-hybridized carbons (Fsp3) is 0.333. The van der Waals surface area contributed by atoms with Gasteiger partial charge in [-0.3, -0.25) is 13.2 Å². The first-order chi connectivity index (χ1) is 5.41. The van der Waals surface area contributed by atoms with Gasteiger partial charge >= 0.3 is 21.1 Å². The number of rotatable bonds is 6. The summed E-state index contributed by atoms with van der Waals surface area (Å²) in [5, 5.41) is 0. The molecule has 3 heteroatoms. The van der Waals surface area contributed by atoms with Gasteiger partial charge in [-0.2, -0.15) is 0 Å². The zero-order valence-electron chi connectivity index (χ0n) is 6.80. The van der Waals surface area contributed by atoms with Crippen molar-refractivity contribution in [3.63, 3.8) is 0 Å². The molecule has 2 nitrogen and oxygen atoms in total. The first-order valence-corrected chi connectivity index (χ1v) is 3.48. The molecule has 0 aromatic rings. The van der Waals surface area contributed by atoms with E-state index in [1.807, 2.05) is 0 Å². The molecule has 0 radical (unpaired) electrons. The largest absolute Gasteiger partial charge is 2.00 e. The maximum absolute atomic E-state index is 5.07. The SMILES string of the molecule is [CH-]=CC=NCCCN=CC=[CH-].[Pt+2]. The van der Waals surface area contributed by atoms with Gasteiger partial charge in [0.25, 0.3) is 0 Å². The van der Waals surface area contributed by atoms with Gasteiger partial charge in [0.05, 0.1) is 0 Å². The van der Waals surface area contributed by atoms with Crippen LogP contribution in [0.15, 0.2) is 22.1 Å². The van der Waals surface area contributed by atoms with Crippen molar-refractivity contribution < 1.29 is 21.1 Å². The third kappa shape index (κ3) is 12.2. The Labute approximate surface area is 88.5 Å². The number of allylic oxidation sites excluding steroid dienone is 2. The van der Waals surface area contributed by atoms with Crippen molar-refractivity contribution in [2.45, 2.75) is 6.42 Å². The Bertz CT molecular complexity index is 144. The van der Waals surface area contributed by atoms with E-state index in [1.165, 1.54) is 12.2 Å². The maximum atomic E-state index is 5.07. The number of hydrogen-bond acceptors (Lipinski definition) is 2. The second kappa shape index (κ2) is 13.1. The standard InChI is InChI=1S/C9H12N2.Pt/c1-3-6-10-8-5-9-11-7-4-2;/h1-4,6-7H,5,8-9H2;/q-2;+2. The van der Waals surface area contributed by atoms with E-state index < -0.39 is 0 Å². The fourth-order valence-electron chi connectivity index (χ4n) is 0.524. The van der Waals surface area contributed by atoms with E-state index in [9.17, 15) is 0 Å². The van der Waals surface area contributed by atoms with Crippen LogP contribution in [0.25, 0.3) is 0 Å². The summed E-state index contributed by atoms with van der Waals surface area (Å²) in [5.74, 6) is 0. The molecule has 0 aliphatic rings. The van der Waals surface area contributed by atoms with Gasteiger partial charge in [0.15, 0.2) is 0 Å². The normalized spacial score (nSPS) is 10.0. The molecule has 0 saturated heterocycles. The molecule has 0 unspecified atom stereocenters. The third-order valence-electron chi connectivity index (χ3n) is 0.957. The molecule has 0 fully saturated rings. The van der Waals surface area contributed by atoms with Crippen LogP contribution in [0.5, 0.6) is 0 Å². The van der Waals surface area contributed by atoms with Gasteiger partial charge in [-0.1, -0.05) is 0 Å². The average molecular weight is 343 g/mol. The zero-order chi connectivity index (χ0) is 8.36. The van der Waals surface area contributed by atoms with Crippen LogP contribution in [0.3, 0.4) is 0 Å². The molecule has 0 heterocycles. The molecule has 0 spiro atoms. The van der Waals surface area contributed by atoms with E-state index >= 15 is 0 Å². The summed E-state index contributed by atoms with van der Waals surface area (Å²) in [5.41, 5.74) is 0. The summed E-state index contributed by atoms with van der Waals surface area (Å²) in [6, 6.07) is 0. The van der Waals surface area contributed by atoms with E-state index in [1.54, 1.807) is 12.4 Å². The summed E-state index contributed by atoms with van der Waals surface area (Å²) >= 11 is 0. The van der Waals surface area contributed by atoms with Gasteiger partial charge in [0.1, 0.15) is 0 Å². The van der Waals surface area contributed by atoms with E-state index in [2.05, 4.69) is 9.98 Å². The minimum absolute atomic E-state index is 0. The van der Waals surface area contributed by atoms with Crippen molar-refractivity contribution in [1.29, 1.82) is 0 Å². The van der Waals surface area contributed by atoms with Crippen molar-refractivity contribution in [3.8, 4) is 0 Å². The minimum atomic E-state index is 0. The molecule has 68 valence electrons. The molecule has 0 aromatic heterocycles. The summed E-state index contributed by atoms with van der Waals surface area (Å²) in [6.07, 6.45) is 6.92. The molecular weight excluding hydrogens is 331 g/mol. The van der Waals surface area contributed by atoms with E-state index in [-0.39, 0.29) is 21.1 Å². The Morgan fingerprint density at radius 1 is 0.917 bits per heavy atom. The number of nitrogens with zero attached hydrogens (tertiary/aromatic N) is 2. The molecule has 0 aromatic carbocycles. The molecule has 0 amide bonds. The van der Waals surface area contributed by atoms with E-state index in [0.717, 1.165) is 19.5 Å². The Morgan fingerprint density at radius 2 is 1.33 bits per heavy atom. The summed E-state index contributed by atoms with van der Waals surface area (Å²) in [4.78, 5) is 7.93. The van der Waals surface area contributed by atoms with Gasteiger partial charge in [-0.05, 0) is 6.42 Å². The zero-order valence-corrected chi connectivity index (χ0v) is 9.07. The van der Waals surface area contributed by atoms with Crippen LogP contribution in [0.4, 0.5) is 0 Å². The van der Waals surface area contributed by atoms with Crippen molar-refractivity contribution in [2.24, 2.45) is 9.98 Å². The van der Waals surface area contributed by atoms with E-state index in [0.29, 0.717) is 0 Å². The van der Waals surface area contributed by atoms with Crippen molar-refractivity contribution >= 4 is 12.4 Å². The van der Waals surface area contributed by atoms with Gasteiger partial charge < -0.3 is 9.98 Å². The number of hydrogen-bond donors (Lipinski definition) is 0. The first kappa shape index (κ1) is 14.1. The Hall–Kier alpha value is -0.492. The first-order valence-electron chi connectivity index (χ1n) is 3.48.